The summed E-state index contributed by atoms with van der Waals surface area (Å²) in [5.41, 5.74) is 7.06. The minimum absolute atomic E-state index is 0.286. The van der Waals surface area contributed by atoms with Gasteiger partial charge < -0.3 is 14.2 Å². The molecule has 1 aliphatic carbocycles. The molecule has 6 nitrogen and oxygen atoms in total. The van der Waals surface area contributed by atoms with E-state index in [2.05, 4.69) is 58.8 Å². The van der Waals surface area contributed by atoms with Crippen LogP contribution in [0.5, 0.6) is 17.2 Å². The van der Waals surface area contributed by atoms with Gasteiger partial charge in [0, 0.05) is 17.9 Å². The van der Waals surface area contributed by atoms with Crippen LogP contribution in [-0.4, -0.2) is 36.3 Å². The average Bonchev–Trinajstić information content (AvgIpc) is 3.44. The lowest BCUT2D eigenvalue weighted by atomic mass is 10.1. The van der Waals surface area contributed by atoms with Crippen LogP contribution in [0.1, 0.15) is 22.1 Å². The summed E-state index contributed by atoms with van der Waals surface area (Å²) in [4.78, 5) is 0. The summed E-state index contributed by atoms with van der Waals surface area (Å²) in [6.45, 7) is 0. The summed E-state index contributed by atoms with van der Waals surface area (Å²) < 4.78 is 18.1. The number of aromatic nitrogens is 3. The van der Waals surface area contributed by atoms with Crippen LogP contribution in [0.2, 0.25) is 0 Å². The van der Waals surface area contributed by atoms with E-state index in [1.165, 1.54) is 22.3 Å². The summed E-state index contributed by atoms with van der Waals surface area (Å²) in [7, 11) is 4.79. The highest BCUT2D eigenvalue weighted by atomic mass is 32.2. The first-order valence-electron chi connectivity index (χ1n) is 10.2. The van der Waals surface area contributed by atoms with E-state index in [9.17, 15) is 0 Å². The van der Waals surface area contributed by atoms with Crippen molar-refractivity contribution in [1.82, 2.24) is 15.0 Å². The topological polar surface area (TPSA) is 58.4 Å². The van der Waals surface area contributed by atoms with Crippen molar-refractivity contribution in [2.75, 3.05) is 21.3 Å². The number of benzene rings is 3. The number of nitrogens with zero attached hydrogens (tertiary/aromatic N) is 3. The maximum Gasteiger partial charge on any atom is 0.203 e. The van der Waals surface area contributed by atoms with E-state index in [1.54, 1.807) is 26.0 Å². The van der Waals surface area contributed by atoms with Gasteiger partial charge in [-0.05, 0) is 22.3 Å². The highest BCUT2D eigenvalue weighted by Crippen LogP contribution is 2.50. The number of methoxy groups -OCH3 is 3. The number of thioether (sulfide) groups is 1. The van der Waals surface area contributed by atoms with Crippen LogP contribution >= 0.6 is 11.8 Å². The molecule has 7 heteroatoms. The number of fused-ring (bicyclic) bond motifs is 3. The van der Waals surface area contributed by atoms with E-state index in [1.807, 2.05) is 30.1 Å². The third kappa shape index (κ3) is 3.48. The highest BCUT2D eigenvalue weighted by molar-refractivity contribution is 7.99. The summed E-state index contributed by atoms with van der Waals surface area (Å²) in [5.74, 6) is 2.45. The molecule has 0 aliphatic heterocycles. The smallest absolute Gasteiger partial charge is 0.203 e. The molecule has 0 atom stereocenters. The third-order valence-electron chi connectivity index (χ3n) is 5.63. The molecule has 0 spiro atoms. The van der Waals surface area contributed by atoms with Crippen molar-refractivity contribution < 1.29 is 14.2 Å². The second kappa shape index (κ2) is 8.59. The van der Waals surface area contributed by atoms with E-state index < -0.39 is 0 Å². The van der Waals surface area contributed by atoms with Crippen LogP contribution in [0, 0.1) is 0 Å². The van der Waals surface area contributed by atoms with Gasteiger partial charge in [-0.1, -0.05) is 53.7 Å². The average molecular weight is 446 g/mol. The molecule has 1 heterocycles. The van der Waals surface area contributed by atoms with Crippen molar-refractivity contribution in [2.24, 2.45) is 0 Å². The molecule has 1 aliphatic rings. The minimum atomic E-state index is 0.286. The second-order valence-corrected chi connectivity index (χ2v) is 8.50. The summed E-state index contributed by atoms with van der Waals surface area (Å²) in [6, 6.07) is 21.0. The van der Waals surface area contributed by atoms with Crippen LogP contribution in [-0.2, 0) is 5.75 Å². The van der Waals surface area contributed by atoms with Crippen LogP contribution in [0.3, 0.4) is 0 Å². The fraction of sp³-hybridized carbons (Fsp3) is 0.200. The molecule has 0 bridgehead atoms. The molecule has 1 aromatic heterocycles. The molecule has 0 saturated heterocycles. The molecule has 0 saturated carbocycles. The Kier molecular flexibility index (Phi) is 5.49. The summed E-state index contributed by atoms with van der Waals surface area (Å²) >= 11 is 1.87. The zero-order valence-corrected chi connectivity index (χ0v) is 18.9. The highest BCUT2D eigenvalue weighted by Gasteiger charge is 2.28. The van der Waals surface area contributed by atoms with Gasteiger partial charge in [0.1, 0.15) is 0 Å². The first-order chi connectivity index (χ1) is 15.7. The Labute approximate surface area is 191 Å². The van der Waals surface area contributed by atoms with Gasteiger partial charge in [0.15, 0.2) is 11.5 Å². The quantitative estimate of drug-likeness (QED) is 0.385. The zero-order valence-electron chi connectivity index (χ0n) is 18.1. The minimum Gasteiger partial charge on any atom is -0.493 e. The molecular weight excluding hydrogens is 422 g/mol. The van der Waals surface area contributed by atoms with Gasteiger partial charge in [-0.2, -0.15) is 0 Å². The van der Waals surface area contributed by atoms with Gasteiger partial charge in [-0.25, -0.2) is 4.68 Å². The zero-order chi connectivity index (χ0) is 22.1. The Morgan fingerprint density at radius 1 is 0.844 bits per heavy atom. The number of ether oxygens (including phenoxy) is 3. The summed E-state index contributed by atoms with van der Waals surface area (Å²) in [6.07, 6.45) is 1.94. The van der Waals surface area contributed by atoms with E-state index in [0.29, 0.717) is 17.2 Å². The van der Waals surface area contributed by atoms with E-state index in [0.717, 1.165) is 17.1 Å². The van der Waals surface area contributed by atoms with Gasteiger partial charge >= 0.3 is 0 Å². The second-order valence-electron chi connectivity index (χ2n) is 7.40. The van der Waals surface area contributed by atoms with E-state index in [-0.39, 0.29) is 5.25 Å². The molecule has 32 heavy (non-hydrogen) atoms. The number of rotatable bonds is 7. The first kappa shape index (κ1) is 20.5. The molecule has 0 N–H and O–H groups in total. The van der Waals surface area contributed by atoms with Gasteiger partial charge in [0.2, 0.25) is 5.75 Å². The third-order valence-corrected chi connectivity index (χ3v) is 6.93. The van der Waals surface area contributed by atoms with Gasteiger partial charge in [0.25, 0.3) is 0 Å². The lowest BCUT2D eigenvalue weighted by Crippen LogP contribution is -2.00. The molecule has 3 aromatic carbocycles. The van der Waals surface area contributed by atoms with Crippen molar-refractivity contribution in [3.8, 4) is 34.1 Å². The molecule has 0 amide bonds. The monoisotopic (exact) mass is 445 g/mol. The maximum atomic E-state index is 5.46. The Morgan fingerprint density at radius 3 is 2.00 bits per heavy atom. The fourth-order valence-corrected chi connectivity index (χ4v) is 5.39. The first-order valence-corrected chi connectivity index (χ1v) is 11.3. The Morgan fingerprint density at radius 2 is 1.44 bits per heavy atom. The maximum absolute atomic E-state index is 5.46. The molecule has 5 rings (SSSR count). The molecule has 0 unspecified atom stereocenters. The Hall–Kier alpha value is -3.45. The van der Waals surface area contributed by atoms with Crippen molar-refractivity contribution in [2.45, 2.75) is 11.0 Å². The van der Waals surface area contributed by atoms with Crippen molar-refractivity contribution in [3.05, 3.63) is 83.7 Å². The lowest BCUT2D eigenvalue weighted by Gasteiger charge is -2.13. The van der Waals surface area contributed by atoms with Crippen LogP contribution in [0.15, 0.2) is 66.9 Å². The lowest BCUT2D eigenvalue weighted by molar-refractivity contribution is 0.324. The van der Waals surface area contributed by atoms with Crippen molar-refractivity contribution in [1.29, 1.82) is 0 Å². The molecule has 0 fully saturated rings. The molecule has 0 radical (unpaired) electrons. The van der Waals surface area contributed by atoms with Crippen LogP contribution in [0.4, 0.5) is 0 Å². The molecular formula is C25H23N3O3S. The summed E-state index contributed by atoms with van der Waals surface area (Å²) in [5, 5.41) is 9.01. The molecule has 162 valence electrons. The van der Waals surface area contributed by atoms with Crippen molar-refractivity contribution >= 4 is 11.8 Å². The SMILES string of the molecule is COc1cc(-n2cc(CSC3c4ccccc4-c4ccccc43)nn2)cc(OC)c1OC. The predicted octanol–water partition coefficient (Wildman–Crippen LogP) is 5.30. The van der Waals surface area contributed by atoms with Gasteiger partial charge in [0.05, 0.1) is 44.2 Å². The Bertz CT molecular complexity index is 1200. The van der Waals surface area contributed by atoms with Crippen molar-refractivity contribution in [3.63, 3.8) is 0 Å². The van der Waals surface area contributed by atoms with Crippen LogP contribution in [0.25, 0.3) is 16.8 Å². The number of hydrogen-bond donors (Lipinski definition) is 0. The number of hydrogen-bond acceptors (Lipinski definition) is 6. The van der Waals surface area contributed by atoms with Gasteiger partial charge in [-0.3, -0.25) is 0 Å². The predicted molar refractivity (Wildman–Crippen MR) is 126 cm³/mol. The normalized spacial score (nSPS) is 12.3. The van der Waals surface area contributed by atoms with Gasteiger partial charge in [-0.15, -0.1) is 16.9 Å². The standard InChI is InChI=1S/C25H23N3O3S/c1-29-22-12-17(13-23(30-2)24(22)31-3)28-14-16(26-27-28)15-32-25-20-10-6-4-8-18(20)19-9-5-7-11-21(19)25/h4-14,25H,15H2,1-3H3. The van der Waals surface area contributed by atoms with E-state index >= 15 is 0 Å². The Balaban J connectivity index is 1.39. The fourth-order valence-electron chi connectivity index (χ4n) is 4.15. The van der Waals surface area contributed by atoms with Crippen LogP contribution < -0.4 is 14.2 Å². The van der Waals surface area contributed by atoms with E-state index in [4.69, 9.17) is 14.2 Å². The largest absolute Gasteiger partial charge is 0.493 e. The molecule has 4 aromatic rings.